The molecule has 0 aliphatic carbocycles. The molecule has 1 N–H and O–H groups in total. The molecule has 0 aliphatic rings. The topological polar surface area (TPSA) is 15.8 Å². The van der Waals surface area contributed by atoms with E-state index < -0.39 is 0 Å². The molecule has 3 heteroatoms. The van der Waals surface area contributed by atoms with E-state index in [1.165, 1.54) is 12.1 Å². The van der Waals surface area contributed by atoms with Gasteiger partial charge in [0.15, 0.2) is 0 Å². The Morgan fingerprint density at radius 1 is 1.36 bits per heavy atom. The quantitative estimate of drug-likeness (QED) is 0.693. The van der Waals surface area contributed by atoms with Gasteiger partial charge in [0.1, 0.15) is 5.82 Å². The Morgan fingerprint density at radius 3 is 3.00 bits per heavy atom. The van der Waals surface area contributed by atoms with Gasteiger partial charge in [-0.3, -0.25) is 0 Å². The minimum absolute atomic E-state index is 0.219. The van der Waals surface area contributed by atoms with Crippen molar-refractivity contribution in [1.82, 2.24) is 4.98 Å². The first-order valence-electron chi connectivity index (χ1n) is 3.19. The summed E-state index contributed by atoms with van der Waals surface area (Å²) in [6, 6.07) is 4.78. The van der Waals surface area contributed by atoms with Crippen molar-refractivity contribution in [2.75, 3.05) is 0 Å². The van der Waals surface area contributed by atoms with Gasteiger partial charge in [-0.25, -0.2) is 4.39 Å². The molecule has 0 amide bonds. The summed E-state index contributed by atoms with van der Waals surface area (Å²) in [6.45, 7) is 0. The van der Waals surface area contributed by atoms with E-state index >= 15 is 0 Å². The molecule has 0 radical (unpaired) electrons. The van der Waals surface area contributed by atoms with Crippen molar-refractivity contribution < 1.29 is 4.39 Å². The predicted molar refractivity (Wildman–Crippen MR) is 46.0 cm³/mol. The van der Waals surface area contributed by atoms with Crippen LogP contribution in [0.4, 0.5) is 4.39 Å². The van der Waals surface area contributed by atoms with Crippen molar-refractivity contribution in [3.05, 3.63) is 34.7 Å². The molecule has 0 saturated carbocycles. The summed E-state index contributed by atoms with van der Waals surface area (Å²) in [4.78, 5) is 3.00. The lowest BCUT2D eigenvalue weighted by molar-refractivity contribution is 0.629. The lowest BCUT2D eigenvalue weighted by atomic mass is 10.2. The summed E-state index contributed by atoms with van der Waals surface area (Å²) in [6.07, 6.45) is 1.79. The van der Waals surface area contributed by atoms with Gasteiger partial charge in [-0.15, -0.1) is 0 Å². The lowest BCUT2D eigenvalue weighted by Gasteiger charge is -1.93. The van der Waals surface area contributed by atoms with Crippen LogP contribution >= 0.6 is 15.9 Å². The van der Waals surface area contributed by atoms with Crippen LogP contribution in [0.5, 0.6) is 0 Å². The number of halogens is 2. The smallest absolute Gasteiger partial charge is 0.125 e. The van der Waals surface area contributed by atoms with Gasteiger partial charge in [0, 0.05) is 16.1 Å². The SMILES string of the molecule is Fc1cc(Br)c2[nH]ccc2c1. The van der Waals surface area contributed by atoms with Gasteiger partial charge in [0.2, 0.25) is 0 Å². The molecule has 0 atom stereocenters. The summed E-state index contributed by atoms with van der Waals surface area (Å²) >= 11 is 3.26. The number of rotatable bonds is 0. The predicted octanol–water partition coefficient (Wildman–Crippen LogP) is 3.07. The van der Waals surface area contributed by atoms with Crippen LogP contribution in [0.3, 0.4) is 0 Å². The van der Waals surface area contributed by atoms with Crippen molar-refractivity contribution in [2.24, 2.45) is 0 Å². The Labute approximate surface area is 71.4 Å². The Balaban J connectivity index is 2.91. The van der Waals surface area contributed by atoms with E-state index in [9.17, 15) is 4.39 Å². The van der Waals surface area contributed by atoms with Crippen LogP contribution in [-0.4, -0.2) is 4.98 Å². The minimum atomic E-state index is -0.219. The molecular weight excluding hydrogens is 209 g/mol. The van der Waals surface area contributed by atoms with E-state index in [2.05, 4.69) is 20.9 Å². The first-order chi connectivity index (χ1) is 5.27. The Kier molecular flexibility index (Phi) is 1.46. The highest BCUT2D eigenvalue weighted by molar-refractivity contribution is 9.10. The normalized spacial score (nSPS) is 10.7. The van der Waals surface area contributed by atoms with Crippen LogP contribution < -0.4 is 0 Å². The fourth-order valence-corrected chi connectivity index (χ4v) is 1.65. The van der Waals surface area contributed by atoms with Gasteiger partial charge in [-0.05, 0) is 34.1 Å². The fourth-order valence-electron chi connectivity index (χ4n) is 1.09. The maximum Gasteiger partial charge on any atom is 0.125 e. The number of nitrogens with one attached hydrogen (secondary N) is 1. The molecule has 0 spiro atoms. The zero-order valence-corrected chi connectivity index (χ0v) is 7.15. The molecule has 0 saturated heterocycles. The average Bonchev–Trinajstić information content (AvgIpc) is 2.34. The highest BCUT2D eigenvalue weighted by Crippen LogP contribution is 2.23. The molecule has 1 heterocycles. The van der Waals surface area contributed by atoms with Gasteiger partial charge in [0.05, 0.1) is 5.52 Å². The molecule has 11 heavy (non-hydrogen) atoms. The second-order valence-corrected chi connectivity index (χ2v) is 3.18. The first kappa shape index (κ1) is 6.85. The summed E-state index contributed by atoms with van der Waals surface area (Å²) in [5.74, 6) is -0.219. The van der Waals surface area contributed by atoms with Crippen LogP contribution in [0, 0.1) is 5.82 Å². The summed E-state index contributed by atoms with van der Waals surface area (Å²) in [5, 5.41) is 0.886. The van der Waals surface area contributed by atoms with Crippen LogP contribution in [0.25, 0.3) is 10.9 Å². The van der Waals surface area contributed by atoms with Crippen LogP contribution in [0.2, 0.25) is 0 Å². The third-order valence-corrected chi connectivity index (χ3v) is 2.20. The molecule has 2 rings (SSSR count). The fraction of sp³-hybridized carbons (Fsp3) is 0. The minimum Gasteiger partial charge on any atom is -0.360 e. The van der Waals surface area contributed by atoms with Crippen molar-refractivity contribution in [3.63, 3.8) is 0 Å². The number of H-pyrrole nitrogens is 1. The van der Waals surface area contributed by atoms with E-state index in [0.29, 0.717) is 0 Å². The number of aromatic nitrogens is 1. The zero-order chi connectivity index (χ0) is 7.84. The maximum absolute atomic E-state index is 12.7. The summed E-state index contributed by atoms with van der Waals surface area (Å²) < 4.78 is 13.5. The second kappa shape index (κ2) is 2.34. The summed E-state index contributed by atoms with van der Waals surface area (Å²) in [7, 11) is 0. The van der Waals surface area contributed by atoms with Gasteiger partial charge < -0.3 is 4.98 Å². The van der Waals surface area contributed by atoms with Crippen molar-refractivity contribution in [3.8, 4) is 0 Å². The first-order valence-corrected chi connectivity index (χ1v) is 3.99. The van der Waals surface area contributed by atoms with Crippen molar-refractivity contribution in [1.29, 1.82) is 0 Å². The molecule has 0 aliphatic heterocycles. The molecule has 0 fully saturated rings. The maximum atomic E-state index is 12.7. The monoisotopic (exact) mass is 213 g/mol. The van der Waals surface area contributed by atoms with E-state index in [1.54, 1.807) is 6.20 Å². The van der Waals surface area contributed by atoms with Gasteiger partial charge in [-0.1, -0.05) is 0 Å². The molecule has 1 nitrogen and oxygen atoms in total. The highest BCUT2D eigenvalue weighted by Gasteiger charge is 2.00. The van der Waals surface area contributed by atoms with Crippen molar-refractivity contribution in [2.45, 2.75) is 0 Å². The number of hydrogen-bond donors (Lipinski definition) is 1. The standard InChI is InChI=1S/C8H5BrFN/c9-7-4-6(10)3-5-1-2-11-8(5)7/h1-4,11H. The number of fused-ring (bicyclic) bond motifs is 1. The number of hydrogen-bond acceptors (Lipinski definition) is 0. The molecule has 0 bridgehead atoms. The van der Waals surface area contributed by atoms with Crippen LogP contribution in [0.15, 0.2) is 28.9 Å². The second-order valence-electron chi connectivity index (χ2n) is 2.33. The Hall–Kier alpha value is -0.830. The molecule has 56 valence electrons. The largest absolute Gasteiger partial charge is 0.360 e. The molecule has 1 aromatic heterocycles. The van der Waals surface area contributed by atoms with Crippen molar-refractivity contribution >= 4 is 26.8 Å². The number of benzene rings is 1. The highest BCUT2D eigenvalue weighted by atomic mass is 79.9. The molecule has 1 aromatic carbocycles. The Morgan fingerprint density at radius 2 is 2.18 bits per heavy atom. The Bertz CT molecular complexity index is 394. The van der Waals surface area contributed by atoms with Gasteiger partial charge in [0.25, 0.3) is 0 Å². The van der Waals surface area contributed by atoms with Gasteiger partial charge >= 0.3 is 0 Å². The third kappa shape index (κ3) is 1.05. The zero-order valence-electron chi connectivity index (χ0n) is 5.57. The summed E-state index contributed by atoms with van der Waals surface area (Å²) in [5.41, 5.74) is 0.936. The molecule has 2 aromatic rings. The van der Waals surface area contributed by atoms with E-state index in [4.69, 9.17) is 0 Å². The molecular formula is C8H5BrFN. The van der Waals surface area contributed by atoms with E-state index in [0.717, 1.165) is 15.4 Å². The van der Waals surface area contributed by atoms with Gasteiger partial charge in [-0.2, -0.15) is 0 Å². The number of aromatic amines is 1. The van der Waals surface area contributed by atoms with E-state index in [-0.39, 0.29) is 5.82 Å². The van der Waals surface area contributed by atoms with Crippen LogP contribution in [0.1, 0.15) is 0 Å². The van der Waals surface area contributed by atoms with E-state index in [1.807, 2.05) is 6.07 Å². The van der Waals surface area contributed by atoms with Crippen LogP contribution in [-0.2, 0) is 0 Å². The third-order valence-electron chi connectivity index (χ3n) is 1.58. The molecule has 0 unspecified atom stereocenters. The lowest BCUT2D eigenvalue weighted by Crippen LogP contribution is -1.75. The average molecular weight is 214 g/mol.